The summed E-state index contributed by atoms with van der Waals surface area (Å²) >= 11 is 1.14. The van der Waals surface area contributed by atoms with Crippen LogP contribution in [0, 0.1) is 0 Å². The lowest BCUT2D eigenvalue weighted by Crippen LogP contribution is -2.39. The molecule has 128 valence electrons. The minimum absolute atomic E-state index is 0.0592. The average Bonchev–Trinajstić information content (AvgIpc) is 3.25. The van der Waals surface area contributed by atoms with Gasteiger partial charge in [-0.15, -0.1) is 11.3 Å². The van der Waals surface area contributed by atoms with Gasteiger partial charge in [-0.25, -0.2) is 8.42 Å². The van der Waals surface area contributed by atoms with Crippen molar-refractivity contribution in [2.24, 2.45) is 5.73 Å². The number of hydrogen-bond acceptors (Lipinski definition) is 5. The van der Waals surface area contributed by atoms with E-state index in [1.54, 1.807) is 40.6 Å². The number of hydrogen-bond donors (Lipinski definition) is 2. The molecule has 1 aromatic carbocycles. The van der Waals surface area contributed by atoms with Crippen molar-refractivity contribution >= 4 is 33.0 Å². The van der Waals surface area contributed by atoms with Crippen LogP contribution >= 0.6 is 11.3 Å². The molecule has 1 saturated heterocycles. The summed E-state index contributed by atoms with van der Waals surface area (Å²) in [7, 11) is -3.62. The fourth-order valence-corrected chi connectivity index (χ4v) is 4.89. The zero-order valence-electron chi connectivity index (χ0n) is 13.0. The van der Waals surface area contributed by atoms with Crippen LogP contribution in [-0.4, -0.2) is 38.4 Å². The SMILES string of the molecule is NCC1CCCN1C(=O)c1cccc(NS(=O)(=O)c2cccs2)c1. The van der Waals surface area contributed by atoms with Crippen LogP contribution in [0.2, 0.25) is 0 Å². The van der Waals surface area contributed by atoms with Crippen molar-refractivity contribution in [2.75, 3.05) is 17.8 Å². The summed E-state index contributed by atoms with van der Waals surface area (Å²) in [4.78, 5) is 14.4. The Labute approximate surface area is 145 Å². The predicted molar refractivity (Wildman–Crippen MR) is 94.7 cm³/mol. The first-order valence-corrected chi connectivity index (χ1v) is 10.0. The molecule has 0 saturated carbocycles. The predicted octanol–water partition coefficient (Wildman–Crippen LogP) is 2.11. The maximum atomic E-state index is 12.7. The molecule has 1 unspecified atom stereocenters. The van der Waals surface area contributed by atoms with Gasteiger partial charge in [0.25, 0.3) is 15.9 Å². The summed E-state index contributed by atoms with van der Waals surface area (Å²) in [5.74, 6) is -0.111. The molecule has 1 atom stereocenters. The van der Waals surface area contributed by atoms with Gasteiger partial charge in [-0.3, -0.25) is 9.52 Å². The largest absolute Gasteiger partial charge is 0.334 e. The quantitative estimate of drug-likeness (QED) is 0.849. The average molecular weight is 365 g/mol. The lowest BCUT2D eigenvalue weighted by molar-refractivity contribution is 0.0741. The van der Waals surface area contributed by atoms with Crippen LogP contribution in [0.15, 0.2) is 46.0 Å². The number of nitrogens with one attached hydrogen (secondary N) is 1. The molecule has 1 aromatic heterocycles. The van der Waals surface area contributed by atoms with E-state index in [-0.39, 0.29) is 16.2 Å². The molecule has 3 rings (SSSR count). The molecule has 1 amide bonds. The van der Waals surface area contributed by atoms with Crippen LogP contribution in [0.3, 0.4) is 0 Å². The number of likely N-dealkylation sites (tertiary alicyclic amines) is 1. The van der Waals surface area contributed by atoms with Crippen LogP contribution in [-0.2, 0) is 10.0 Å². The summed E-state index contributed by atoms with van der Waals surface area (Å²) < 4.78 is 27.3. The number of carbonyl (C=O) groups is 1. The van der Waals surface area contributed by atoms with Gasteiger partial charge < -0.3 is 10.6 Å². The van der Waals surface area contributed by atoms with Crippen LogP contribution < -0.4 is 10.5 Å². The second-order valence-corrected chi connectivity index (χ2v) is 8.51. The maximum Gasteiger partial charge on any atom is 0.271 e. The number of anilines is 1. The van der Waals surface area contributed by atoms with Crippen molar-refractivity contribution in [2.45, 2.75) is 23.1 Å². The Morgan fingerprint density at radius 3 is 2.88 bits per heavy atom. The van der Waals surface area contributed by atoms with Gasteiger partial charge in [0.2, 0.25) is 0 Å². The number of sulfonamides is 1. The van der Waals surface area contributed by atoms with E-state index in [2.05, 4.69) is 4.72 Å². The first kappa shape index (κ1) is 16.9. The lowest BCUT2D eigenvalue weighted by Gasteiger charge is -2.23. The number of thiophene rings is 1. The van der Waals surface area contributed by atoms with Gasteiger partial charge in [-0.2, -0.15) is 0 Å². The molecule has 24 heavy (non-hydrogen) atoms. The smallest absolute Gasteiger partial charge is 0.271 e. The van der Waals surface area contributed by atoms with Crippen molar-refractivity contribution in [3.05, 3.63) is 47.3 Å². The van der Waals surface area contributed by atoms with E-state index in [1.807, 2.05) is 0 Å². The Morgan fingerprint density at radius 2 is 2.17 bits per heavy atom. The topological polar surface area (TPSA) is 92.5 Å². The molecule has 0 spiro atoms. The summed E-state index contributed by atoms with van der Waals surface area (Å²) in [5, 5.41) is 1.70. The maximum absolute atomic E-state index is 12.7. The van der Waals surface area contributed by atoms with Crippen molar-refractivity contribution in [3.8, 4) is 0 Å². The van der Waals surface area contributed by atoms with Crippen LogP contribution in [0.4, 0.5) is 5.69 Å². The molecule has 0 aliphatic carbocycles. The molecule has 0 bridgehead atoms. The van der Waals surface area contributed by atoms with Gasteiger partial charge in [0.15, 0.2) is 0 Å². The number of carbonyl (C=O) groups excluding carboxylic acids is 1. The van der Waals surface area contributed by atoms with Crippen molar-refractivity contribution in [1.29, 1.82) is 0 Å². The standard InChI is InChI=1S/C16H19N3O3S2/c17-11-14-6-2-8-19(14)16(20)12-4-1-5-13(10-12)18-24(21,22)15-7-3-9-23-15/h1,3-5,7,9-10,14,18H,2,6,8,11,17H2. The first-order chi connectivity index (χ1) is 11.5. The summed E-state index contributed by atoms with van der Waals surface area (Å²) in [6.07, 6.45) is 1.85. The van der Waals surface area contributed by atoms with E-state index >= 15 is 0 Å². The van der Waals surface area contributed by atoms with Gasteiger partial charge in [0, 0.05) is 30.4 Å². The van der Waals surface area contributed by atoms with Gasteiger partial charge >= 0.3 is 0 Å². The van der Waals surface area contributed by atoms with E-state index in [0.29, 0.717) is 24.3 Å². The van der Waals surface area contributed by atoms with Crippen molar-refractivity contribution < 1.29 is 13.2 Å². The highest BCUT2D eigenvalue weighted by atomic mass is 32.2. The van der Waals surface area contributed by atoms with Gasteiger partial charge in [-0.1, -0.05) is 12.1 Å². The minimum atomic E-state index is -3.62. The highest BCUT2D eigenvalue weighted by molar-refractivity contribution is 7.94. The highest BCUT2D eigenvalue weighted by Crippen LogP contribution is 2.23. The molecule has 2 heterocycles. The van der Waals surface area contributed by atoms with Crippen LogP contribution in [0.1, 0.15) is 23.2 Å². The fourth-order valence-electron chi connectivity index (χ4n) is 2.85. The normalized spacial score (nSPS) is 17.9. The summed E-state index contributed by atoms with van der Waals surface area (Å²) in [6.45, 7) is 1.13. The molecular weight excluding hydrogens is 346 g/mol. The Hall–Kier alpha value is -1.90. The van der Waals surface area contributed by atoms with Crippen LogP contribution in [0.25, 0.3) is 0 Å². The molecule has 1 aliphatic heterocycles. The molecule has 1 fully saturated rings. The lowest BCUT2D eigenvalue weighted by atomic mass is 10.1. The van der Waals surface area contributed by atoms with E-state index in [4.69, 9.17) is 5.73 Å². The Balaban J connectivity index is 1.81. The third-order valence-electron chi connectivity index (χ3n) is 4.03. The fraction of sp³-hybridized carbons (Fsp3) is 0.312. The number of nitrogens with zero attached hydrogens (tertiary/aromatic N) is 1. The minimum Gasteiger partial charge on any atom is -0.334 e. The molecule has 1 aliphatic rings. The van der Waals surface area contributed by atoms with Crippen molar-refractivity contribution in [3.63, 3.8) is 0 Å². The van der Waals surface area contributed by atoms with E-state index in [9.17, 15) is 13.2 Å². The van der Waals surface area contributed by atoms with E-state index < -0.39 is 10.0 Å². The monoisotopic (exact) mass is 365 g/mol. The molecule has 0 radical (unpaired) electrons. The highest BCUT2D eigenvalue weighted by Gasteiger charge is 2.28. The van der Waals surface area contributed by atoms with E-state index in [0.717, 1.165) is 24.2 Å². The second-order valence-electron chi connectivity index (χ2n) is 5.65. The third kappa shape index (κ3) is 3.45. The third-order valence-corrected chi connectivity index (χ3v) is 6.81. The number of benzene rings is 1. The summed E-state index contributed by atoms with van der Waals surface area (Å²) in [5.41, 5.74) is 6.56. The van der Waals surface area contributed by atoms with Gasteiger partial charge in [-0.05, 0) is 42.5 Å². The zero-order chi connectivity index (χ0) is 17.2. The number of rotatable bonds is 5. The number of nitrogens with two attached hydrogens (primary N) is 1. The Bertz CT molecular complexity index is 819. The Kier molecular flexibility index (Phi) is 4.88. The van der Waals surface area contributed by atoms with Gasteiger partial charge in [0.05, 0.1) is 0 Å². The molecule has 3 N–H and O–H groups in total. The Morgan fingerprint density at radius 1 is 1.33 bits per heavy atom. The van der Waals surface area contributed by atoms with Crippen molar-refractivity contribution in [1.82, 2.24) is 4.90 Å². The zero-order valence-corrected chi connectivity index (χ0v) is 14.6. The van der Waals surface area contributed by atoms with E-state index in [1.165, 1.54) is 6.07 Å². The molecule has 6 nitrogen and oxygen atoms in total. The van der Waals surface area contributed by atoms with Gasteiger partial charge in [0.1, 0.15) is 4.21 Å². The van der Waals surface area contributed by atoms with Crippen LogP contribution in [0.5, 0.6) is 0 Å². The molecule has 8 heteroatoms. The summed E-state index contributed by atoms with van der Waals surface area (Å²) in [6, 6.07) is 9.84. The first-order valence-electron chi connectivity index (χ1n) is 7.69. The number of amides is 1. The molecular formula is C16H19N3O3S2. The molecule has 2 aromatic rings. The second kappa shape index (κ2) is 6.92.